The molecule has 1 aromatic rings. The van der Waals surface area contributed by atoms with Gasteiger partial charge in [0.15, 0.2) is 5.66 Å². The normalized spacial score (nSPS) is 22.6. The summed E-state index contributed by atoms with van der Waals surface area (Å²) in [6.07, 6.45) is 8.93. The number of terminal acetylenes is 1. The minimum atomic E-state index is -0.389. The molecule has 0 bridgehead atoms. The Balaban J connectivity index is 1.55. The molecule has 28 heavy (non-hydrogen) atoms. The van der Waals surface area contributed by atoms with Gasteiger partial charge < -0.3 is 10.2 Å². The fourth-order valence-corrected chi connectivity index (χ4v) is 4.64. The van der Waals surface area contributed by atoms with Crippen LogP contribution in [-0.4, -0.2) is 46.5 Å². The predicted molar refractivity (Wildman–Crippen MR) is 108 cm³/mol. The largest absolute Gasteiger partial charge is 0.356 e. The molecule has 0 aliphatic carbocycles. The summed E-state index contributed by atoms with van der Waals surface area (Å²) >= 11 is 1.53. The Morgan fingerprint density at radius 3 is 2.71 bits per heavy atom. The van der Waals surface area contributed by atoms with Gasteiger partial charge in [-0.05, 0) is 33.6 Å². The second kappa shape index (κ2) is 8.39. The second-order valence-corrected chi connectivity index (χ2v) is 8.96. The van der Waals surface area contributed by atoms with E-state index in [2.05, 4.69) is 26.4 Å². The van der Waals surface area contributed by atoms with Crippen molar-refractivity contribution < 1.29 is 9.59 Å². The van der Waals surface area contributed by atoms with E-state index in [9.17, 15) is 9.59 Å². The molecule has 0 spiro atoms. The van der Waals surface area contributed by atoms with Gasteiger partial charge in [0.2, 0.25) is 5.91 Å². The number of carbonyl (C=O) groups excluding carboxylic acids is 2. The van der Waals surface area contributed by atoms with Gasteiger partial charge in [-0.3, -0.25) is 9.59 Å². The third-order valence-corrected chi connectivity index (χ3v) is 6.46. The maximum absolute atomic E-state index is 13.0. The molecule has 0 saturated carbocycles. The number of likely N-dealkylation sites (tertiary alicyclic amines) is 1. The Morgan fingerprint density at radius 1 is 1.36 bits per heavy atom. The number of aromatic nitrogens is 1. The first-order valence-corrected chi connectivity index (χ1v) is 10.6. The van der Waals surface area contributed by atoms with Gasteiger partial charge in [0.1, 0.15) is 5.69 Å². The van der Waals surface area contributed by atoms with E-state index in [1.54, 1.807) is 4.90 Å². The van der Waals surface area contributed by atoms with E-state index in [0.717, 1.165) is 29.1 Å². The first-order chi connectivity index (χ1) is 13.4. The van der Waals surface area contributed by atoms with E-state index in [-0.39, 0.29) is 29.4 Å². The van der Waals surface area contributed by atoms with Crippen LogP contribution in [0.3, 0.4) is 0 Å². The van der Waals surface area contributed by atoms with Gasteiger partial charge in [0.25, 0.3) is 5.91 Å². The highest BCUT2D eigenvalue weighted by Crippen LogP contribution is 2.36. The Hall–Kier alpha value is -2.27. The second-order valence-electron chi connectivity index (χ2n) is 7.55. The molecule has 2 atom stereocenters. The lowest BCUT2D eigenvalue weighted by atomic mass is 9.89. The predicted octanol–water partition coefficient (Wildman–Crippen LogP) is 3.08. The standard InChI is InChI=1S/C20H27N5O2S/c1-5-6-9-20(23-24-20)10-11-21-18(26)16-8-7-12-25(13(16)2)19(27)17-14(3)28-15(4)22-17/h1,13,16H,6-12H2,2-4H3,(H,21,26)/t13-,16-/m1/s1. The van der Waals surface area contributed by atoms with Crippen LogP contribution in [0.4, 0.5) is 0 Å². The minimum Gasteiger partial charge on any atom is -0.356 e. The summed E-state index contributed by atoms with van der Waals surface area (Å²) in [6, 6.07) is -0.159. The molecule has 0 unspecified atom stereocenters. The van der Waals surface area contributed by atoms with Crippen LogP contribution in [0, 0.1) is 32.1 Å². The molecule has 1 fully saturated rings. The van der Waals surface area contributed by atoms with Crippen LogP contribution < -0.4 is 5.32 Å². The third-order valence-electron chi connectivity index (χ3n) is 5.57. The zero-order chi connectivity index (χ0) is 20.3. The topological polar surface area (TPSA) is 87.0 Å². The van der Waals surface area contributed by atoms with Gasteiger partial charge in [0.05, 0.1) is 10.9 Å². The molecule has 1 aromatic heterocycles. The summed E-state index contributed by atoms with van der Waals surface area (Å²) in [4.78, 5) is 32.8. The number of nitrogens with zero attached hydrogens (tertiary/aromatic N) is 4. The van der Waals surface area contributed by atoms with E-state index in [1.807, 2.05) is 20.8 Å². The molecule has 3 heterocycles. The molecule has 3 rings (SSSR count). The summed E-state index contributed by atoms with van der Waals surface area (Å²) in [7, 11) is 0. The van der Waals surface area contributed by atoms with Gasteiger partial charge in [-0.15, -0.1) is 23.7 Å². The molecule has 2 aliphatic rings. The summed E-state index contributed by atoms with van der Waals surface area (Å²) in [5.41, 5.74) is 0.127. The third kappa shape index (κ3) is 4.41. The smallest absolute Gasteiger partial charge is 0.273 e. The maximum Gasteiger partial charge on any atom is 0.273 e. The van der Waals surface area contributed by atoms with Gasteiger partial charge >= 0.3 is 0 Å². The quantitative estimate of drug-likeness (QED) is 0.712. The SMILES string of the molecule is C#CCCC1(CCNC(=O)[C@@H]2CCCN(C(=O)c3nc(C)sc3C)[C@@H]2C)N=N1. The summed E-state index contributed by atoms with van der Waals surface area (Å²) in [6.45, 7) is 6.94. The monoisotopic (exact) mass is 401 g/mol. The highest BCUT2D eigenvalue weighted by molar-refractivity contribution is 7.11. The molecule has 1 N–H and O–H groups in total. The molecule has 150 valence electrons. The van der Waals surface area contributed by atoms with Crippen LogP contribution >= 0.6 is 11.3 Å². The summed E-state index contributed by atoms with van der Waals surface area (Å²) < 4.78 is 0. The first-order valence-electron chi connectivity index (χ1n) is 9.77. The van der Waals surface area contributed by atoms with Crippen LogP contribution in [0.5, 0.6) is 0 Å². The van der Waals surface area contributed by atoms with Crippen LogP contribution in [0.25, 0.3) is 0 Å². The fraction of sp³-hybridized carbons (Fsp3) is 0.650. The molecule has 2 amide bonds. The number of thiazole rings is 1. The van der Waals surface area contributed by atoms with Crippen molar-refractivity contribution in [3.05, 3.63) is 15.6 Å². The Labute approximate surface area is 170 Å². The van der Waals surface area contributed by atoms with E-state index in [0.29, 0.717) is 31.6 Å². The molecule has 0 aromatic carbocycles. The van der Waals surface area contributed by atoms with Crippen molar-refractivity contribution in [1.29, 1.82) is 0 Å². The number of piperidine rings is 1. The van der Waals surface area contributed by atoms with Crippen molar-refractivity contribution in [3.63, 3.8) is 0 Å². The van der Waals surface area contributed by atoms with Crippen molar-refractivity contribution in [2.75, 3.05) is 13.1 Å². The lowest BCUT2D eigenvalue weighted by Crippen LogP contribution is -2.51. The number of carbonyl (C=O) groups is 2. The van der Waals surface area contributed by atoms with E-state index < -0.39 is 0 Å². The number of nitrogens with one attached hydrogen (secondary N) is 1. The molecule has 2 aliphatic heterocycles. The molecule has 0 radical (unpaired) electrons. The zero-order valence-electron chi connectivity index (χ0n) is 16.7. The minimum absolute atomic E-state index is 0.0102. The van der Waals surface area contributed by atoms with Gasteiger partial charge in [-0.1, -0.05) is 0 Å². The number of rotatable bonds is 7. The van der Waals surface area contributed by atoms with Crippen LogP contribution in [0.2, 0.25) is 0 Å². The average Bonchev–Trinajstić information content (AvgIpc) is 3.35. The van der Waals surface area contributed by atoms with E-state index in [4.69, 9.17) is 6.42 Å². The number of amides is 2. The van der Waals surface area contributed by atoms with Crippen molar-refractivity contribution in [3.8, 4) is 12.3 Å². The van der Waals surface area contributed by atoms with Crippen LogP contribution in [-0.2, 0) is 4.79 Å². The lowest BCUT2D eigenvalue weighted by Gasteiger charge is -2.38. The van der Waals surface area contributed by atoms with E-state index >= 15 is 0 Å². The van der Waals surface area contributed by atoms with Crippen molar-refractivity contribution >= 4 is 23.2 Å². The van der Waals surface area contributed by atoms with Crippen molar-refractivity contribution in [1.82, 2.24) is 15.2 Å². The fourth-order valence-electron chi connectivity index (χ4n) is 3.83. The average molecular weight is 402 g/mol. The van der Waals surface area contributed by atoms with Gasteiger partial charge in [-0.25, -0.2) is 4.98 Å². The molecular formula is C20H27N5O2S. The highest BCUT2D eigenvalue weighted by Gasteiger charge is 2.40. The van der Waals surface area contributed by atoms with Crippen LogP contribution in [0.15, 0.2) is 10.2 Å². The molecular weight excluding hydrogens is 374 g/mol. The highest BCUT2D eigenvalue weighted by atomic mass is 32.1. The number of hydrogen-bond donors (Lipinski definition) is 1. The molecule has 8 heteroatoms. The Bertz CT molecular complexity index is 819. The summed E-state index contributed by atoms with van der Waals surface area (Å²) in [5.74, 6) is 2.31. The Morgan fingerprint density at radius 2 is 2.11 bits per heavy atom. The van der Waals surface area contributed by atoms with Crippen molar-refractivity contribution in [2.45, 2.75) is 64.6 Å². The first kappa shape index (κ1) is 20.5. The van der Waals surface area contributed by atoms with Crippen LogP contribution in [0.1, 0.15) is 59.4 Å². The zero-order valence-corrected chi connectivity index (χ0v) is 17.5. The number of hydrogen-bond acceptors (Lipinski definition) is 6. The lowest BCUT2D eigenvalue weighted by molar-refractivity contribution is -0.127. The maximum atomic E-state index is 13.0. The van der Waals surface area contributed by atoms with Crippen molar-refractivity contribution in [2.24, 2.45) is 16.1 Å². The number of aryl methyl sites for hydroxylation is 2. The Kier molecular flexibility index (Phi) is 6.14. The summed E-state index contributed by atoms with van der Waals surface area (Å²) in [5, 5.41) is 12.1. The molecule has 7 nitrogen and oxygen atoms in total. The van der Waals surface area contributed by atoms with Gasteiger partial charge in [0, 0.05) is 43.3 Å². The van der Waals surface area contributed by atoms with E-state index in [1.165, 1.54) is 11.3 Å². The van der Waals surface area contributed by atoms with Gasteiger partial charge in [-0.2, -0.15) is 10.2 Å². The molecule has 1 saturated heterocycles.